The van der Waals surface area contributed by atoms with E-state index in [0.29, 0.717) is 12.5 Å². The Morgan fingerprint density at radius 3 is 2.11 bits per heavy atom. The average Bonchev–Trinajstić information content (AvgIpc) is 2.27. The number of likely N-dealkylation sites (N-methyl/N-ethyl adjacent to an activating group) is 1. The van der Waals surface area contributed by atoms with E-state index in [1.807, 2.05) is 0 Å². The lowest BCUT2D eigenvalue weighted by Crippen LogP contribution is -2.49. The number of carbonyl (C=O) groups excluding carboxylic acids is 1. The van der Waals surface area contributed by atoms with Crippen LogP contribution in [-0.4, -0.2) is 23.4 Å². The van der Waals surface area contributed by atoms with Crippen molar-refractivity contribution in [3.63, 3.8) is 0 Å². The molecule has 2 N–H and O–H groups in total. The van der Waals surface area contributed by atoms with Gasteiger partial charge in [0.2, 0.25) is 5.91 Å². The third-order valence-corrected chi connectivity index (χ3v) is 2.96. The van der Waals surface area contributed by atoms with Crippen LogP contribution < -0.4 is 5.73 Å². The molecule has 19 heavy (non-hydrogen) atoms. The van der Waals surface area contributed by atoms with Crippen molar-refractivity contribution in [2.45, 2.75) is 45.7 Å². The molecule has 0 saturated carbocycles. The van der Waals surface area contributed by atoms with E-state index in [-0.39, 0.29) is 18.3 Å². The second kappa shape index (κ2) is 6.92. The first-order valence-corrected chi connectivity index (χ1v) is 6.35. The Morgan fingerprint density at radius 2 is 1.74 bits per heavy atom. The maximum absolute atomic E-state index is 11.9. The molecule has 0 aliphatic rings. The number of rotatable bonds is 4. The van der Waals surface area contributed by atoms with Crippen LogP contribution in [0.4, 0.5) is 0 Å². The fraction of sp³-hybridized carbons (Fsp3) is 0.533. The van der Waals surface area contributed by atoms with Crippen LogP contribution in [0.5, 0.6) is 0 Å². The predicted octanol–water partition coefficient (Wildman–Crippen LogP) is 2.93. The fourth-order valence-corrected chi connectivity index (χ4v) is 1.85. The van der Waals surface area contributed by atoms with Crippen LogP contribution in [0.25, 0.3) is 0 Å². The molecule has 0 aliphatic heterocycles. The summed E-state index contributed by atoms with van der Waals surface area (Å²) in [4.78, 5) is 13.6. The zero-order valence-electron chi connectivity index (χ0n) is 12.4. The molecule has 0 bridgehead atoms. The smallest absolute Gasteiger partial charge is 0.242 e. The molecule has 1 aromatic carbocycles. The summed E-state index contributed by atoms with van der Waals surface area (Å²) >= 11 is 0. The monoisotopic (exact) mass is 284 g/mol. The highest BCUT2D eigenvalue weighted by molar-refractivity contribution is 5.85. The molecule has 1 aromatic rings. The maximum Gasteiger partial charge on any atom is 0.242 e. The Morgan fingerprint density at radius 1 is 1.26 bits per heavy atom. The minimum atomic E-state index is -0.813. The molecule has 0 atom stereocenters. The van der Waals surface area contributed by atoms with Gasteiger partial charge in [-0.05, 0) is 30.9 Å². The van der Waals surface area contributed by atoms with Crippen molar-refractivity contribution in [3.05, 3.63) is 35.4 Å². The molecular formula is C15H25ClN2O. The Labute approximate surface area is 122 Å². The summed E-state index contributed by atoms with van der Waals surface area (Å²) in [5.74, 6) is 0.483. The molecule has 0 heterocycles. The van der Waals surface area contributed by atoms with Crippen molar-refractivity contribution in [3.8, 4) is 0 Å². The molecule has 108 valence electrons. The van der Waals surface area contributed by atoms with Gasteiger partial charge in [-0.2, -0.15) is 0 Å². The summed E-state index contributed by atoms with van der Waals surface area (Å²) in [6.45, 7) is 8.39. The number of halogens is 1. The van der Waals surface area contributed by atoms with E-state index in [1.54, 1.807) is 25.8 Å². The van der Waals surface area contributed by atoms with E-state index in [2.05, 4.69) is 38.1 Å². The van der Waals surface area contributed by atoms with Gasteiger partial charge in [-0.3, -0.25) is 4.79 Å². The normalized spacial score (nSPS) is 11.1. The van der Waals surface area contributed by atoms with Gasteiger partial charge in [-0.15, -0.1) is 12.4 Å². The first-order valence-electron chi connectivity index (χ1n) is 6.35. The van der Waals surface area contributed by atoms with E-state index in [1.165, 1.54) is 5.56 Å². The van der Waals surface area contributed by atoms with E-state index >= 15 is 0 Å². The van der Waals surface area contributed by atoms with Gasteiger partial charge in [-0.1, -0.05) is 38.1 Å². The number of nitrogens with two attached hydrogens (primary N) is 1. The molecule has 0 spiro atoms. The first kappa shape index (κ1) is 17.9. The van der Waals surface area contributed by atoms with Gasteiger partial charge in [0.05, 0.1) is 5.54 Å². The minimum Gasteiger partial charge on any atom is -0.340 e. The summed E-state index contributed by atoms with van der Waals surface area (Å²) in [5, 5.41) is 0. The fourth-order valence-electron chi connectivity index (χ4n) is 1.85. The van der Waals surface area contributed by atoms with Crippen molar-refractivity contribution < 1.29 is 4.79 Å². The Kier molecular flexibility index (Phi) is 6.53. The highest BCUT2D eigenvalue weighted by Gasteiger charge is 2.25. The lowest BCUT2D eigenvalue weighted by molar-refractivity contribution is -0.134. The molecule has 0 radical (unpaired) electrons. The van der Waals surface area contributed by atoms with E-state index in [0.717, 1.165) is 5.56 Å². The molecule has 3 nitrogen and oxygen atoms in total. The lowest BCUT2D eigenvalue weighted by atomic mass is 10.0. The highest BCUT2D eigenvalue weighted by atomic mass is 35.5. The third kappa shape index (κ3) is 5.21. The number of nitrogens with zero attached hydrogens (tertiary/aromatic N) is 1. The van der Waals surface area contributed by atoms with Gasteiger partial charge in [0, 0.05) is 13.6 Å². The quantitative estimate of drug-likeness (QED) is 0.924. The third-order valence-electron chi connectivity index (χ3n) is 2.96. The number of carbonyl (C=O) groups is 1. The van der Waals surface area contributed by atoms with Gasteiger partial charge < -0.3 is 10.6 Å². The van der Waals surface area contributed by atoms with Gasteiger partial charge in [0.25, 0.3) is 0 Å². The number of hydrogen-bond acceptors (Lipinski definition) is 2. The predicted molar refractivity (Wildman–Crippen MR) is 82.5 cm³/mol. The van der Waals surface area contributed by atoms with E-state index in [4.69, 9.17) is 5.73 Å². The molecule has 0 unspecified atom stereocenters. The number of amides is 1. The standard InChI is InChI=1S/C15H24N2O.ClH/c1-11(2)13-8-6-12(7-9-13)10-17(5)14(18)15(3,4)16;/h6-9,11H,10,16H2,1-5H3;1H. The lowest BCUT2D eigenvalue weighted by Gasteiger charge is -2.26. The largest absolute Gasteiger partial charge is 0.340 e. The van der Waals surface area contributed by atoms with Crippen molar-refractivity contribution >= 4 is 18.3 Å². The molecular weight excluding hydrogens is 260 g/mol. The Balaban J connectivity index is 0.00000324. The first-order chi connectivity index (χ1) is 8.21. The summed E-state index contributed by atoms with van der Waals surface area (Å²) in [6, 6.07) is 8.38. The Bertz CT molecular complexity index is 407. The molecule has 0 saturated heterocycles. The van der Waals surface area contributed by atoms with Gasteiger partial charge >= 0.3 is 0 Å². The van der Waals surface area contributed by atoms with Crippen molar-refractivity contribution in [2.75, 3.05) is 7.05 Å². The SMILES string of the molecule is CC(C)c1ccc(CN(C)C(=O)C(C)(C)N)cc1.Cl. The number of hydrogen-bond donors (Lipinski definition) is 1. The second-order valence-electron chi connectivity index (χ2n) is 5.78. The molecule has 0 fully saturated rings. The van der Waals surface area contributed by atoms with Gasteiger partial charge in [0.15, 0.2) is 0 Å². The van der Waals surface area contributed by atoms with Gasteiger partial charge in [0.1, 0.15) is 0 Å². The number of benzene rings is 1. The van der Waals surface area contributed by atoms with Crippen LogP contribution in [0.2, 0.25) is 0 Å². The maximum atomic E-state index is 11.9. The molecule has 0 aliphatic carbocycles. The molecule has 4 heteroatoms. The van der Waals surface area contributed by atoms with Crippen LogP contribution in [0.1, 0.15) is 44.7 Å². The van der Waals surface area contributed by atoms with Crippen molar-refractivity contribution in [2.24, 2.45) is 5.73 Å². The minimum absolute atomic E-state index is 0. The Hall–Kier alpha value is -1.06. The summed E-state index contributed by atoms with van der Waals surface area (Å²) in [6.07, 6.45) is 0. The van der Waals surface area contributed by atoms with E-state index < -0.39 is 5.54 Å². The van der Waals surface area contributed by atoms with Crippen LogP contribution in [0, 0.1) is 0 Å². The second-order valence-corrected chi connectivity index (χ2v) is 5.78. The zero-order chi connectivity index (χ0) is 13.9. The van der Waals surface area contributed by atoms with Crippen LogP contribution in [-0.2, 0) is 11.3 Å². The van der Waals surface area contributed by atoms with Crippen LogP contribution >= 0.6 is 12.4 Å². The van der Waals surface area contributed by atoms with Gasteiger partial charge in [-0.25, -0.2) is 0 Å². The van der Waals surface area contributed by atoms with Crippen LogP contribution in [0.3, 0.4) is 0 Å². The highest BCUT2D eigenvalue weighted by Crippen LogP contribution is 2.16. The van der Waals surface area contributed by atoms with Crippen LogP contribution in [0.15, 0.2) is 24.3 Å². The summed E-state index contributed by atoms with van der Waals surface area (Å²) in [7, 11) is 1.79. The van der Waals surface area contributed by atoms with Crippen molar-refractivity contribution in [1.82, 2.24) is 4.90 Å². The van der Waals surface area contributed by atoms with Crippen molar-refractivity contribution in [1.29, 1.82) is 0 Å². The average molecular weight is 285 g/mol. The van der Waals surface area contributed by atoms with E-state index in [9.17, 15) is 4.79 Å². The molecule has 1 rings (SSSR count). The molecule has 0 aromatic heterocycles. The summed E-state index contributed by atoms with van der Waals surface area (Å²) in [5.41, 5.74) is 7.43. The molecule has 1 amide bonds. The topological polar surface area (TPSA) is 46.3 Å². The zero-order valence-corrected chi connectivity index (χ0v) is 13.3. The summed E-state index contributed by atoms with van der Waals surface area (Å²) < 4.78 is 0.